The molecule has 1 atom stereocenters. The van der Waals surface area contributed by atoms with Crippen LogP contribution in [0.2, 0.25) is 5.02 Å². The highest BCUT2D eigenvalue weighted by molar-refractivity contribution is 6.30. The van der Waals surface area contributed by atoms with Crippen LogP contribution in [0.5, 0.6) is 5.75 Å². The van der Waals surface area contributed by atoms with Crippen molar-refractivity contribution in [1.82, 2.24) is 14.5 Å². The first-order chi connectivity index (χ1) is 16.9. The molecule has 35 heavy (non-hydrogen) atoms. The second-order valence-corrected chi connectivity index (χ2v) is 8.39. The van der Waals surface area contributed by atoms with E-state index in [0.29, 0.717) is 52.0 Å². The lowest BCUT2D eigenvalue weighted by Crippen LogP contribution is -2.39. The molecule has 1 aromatic heterocycles. The zero-order valence-corrected chi connectivity index (χ0v) is 20.6. The zero-order valence-electron chi connectivity index (χ0n) is 19.9. The molecular formula is C27H27ClN4O3. The van der Waals surface area contributed by atoms with Gasteiger partial charge in [0.25, 0.3) is 5.56 Å². The molecule has 0 aliphatic carbocycles. The lowest BCUT2D eigenvalue weighted by atomic mass is 10.2. The highest BCUT2D eigenvalue weighted by atomic mass is 35.5. The number of halogens is 1. The van der Waals surface area contributed by atoms with Crippen LogP contribution in [0, 0.1) is 0 Å². The number of ether oxygens (including phenoxy) is 1. The fourth-order valence-corrected chi connectivity index (χ4v) is 4.22. The van der Waals surface area contributed by atoms with Crippen molar-refractivity contribution in [1.29, 1.82) is 0 Å². The minimum atomic E-state index is -0.511. The van der Waals surface area contributed by atoms with E-state index < -0.39 is 6.04 Å². The van der Waals surface area contributed by atoms with E-state index >= 15 is 0 Å². The van der Waals surface area contributed by atoms with Crippen LogP contribution in [-0.4, -0.2) is 33.6 Å². The van der Waals surface area contributed by atoms with Gasteiger partial charge in [-0.1, -0.05) is 29.8 Å². The third kappa shape index (κ3) is 5.15. The number of anilines is 1. The van der Waals surface area contributed by atoms with Gasteiger partial charge in [-0.15, -0.1) is 0 Å². The summed E-state index contributed by atoms with van der Waals surface area (Å²) in [6.07, 6.45) is 0. The highest BCUT2D eigenvalue weighted by Gasteiger charge is 2.26. The summed E-state index contributed by atoms with van der Waals surface area (Å²) in [5.41, 5.74) is 1.61. The molecule has 4 aromatic rings. The molecule has 2 amide bonds. The van der Waals surface area contributed by atoms with Gasteiger partial charge in [0.05, 0.1) is 29.2 Å². The average molecular weight is 491 g/mol. The molecule has 0 saturated carbocycles. The van der Waals surface area contributed by atoms with Crippen molar-refractivity contribution in [3.05, 3.63) is 94.0 Å². The number of nitrogens with zero attached hydrogens (tertiary/aromatic N) is 3. The number of rotatable bonds is 7. The Morgan fingerprint density at radius 3 is 2.51 bits per heavy atom. The molecule has 3 aromatic carbocycles. The number of carbonyl (C=O) groups is 1. The average Bonchev–Trinajstić information content (AvgIpc) is 2.85. The lowest BCUT2D eigenvalue weighted by Gasteiger charge is -2.29. The monoisotopic (exact) mass is 490 g/mol. The summed E-state index contributed by atoms with van der Waals surface area (Å²) in [6.45, 7) is 6.61. The highest BCUT2D eigenvalue weighted by Crippen LogP contribution is 2.25. The summed E-state index contributed by atoms with van der Waals surface area (Å²) < 4.78 is 7.12. The van der Waals surface area contributed by atoms with Crippen LogP contribution in [0.4, 0.5) is 10.5 Å². The Morgan fingerprint density at radius 2 is 1.83 bits per heavy atom. The number of aromatic nitrogens is 2. The maximum absolute atomic E-state index is 13.6. The Labute approximate surface area is 208 Å². The van der Waals surface area contributed by atoms with E-state index in [2.05, 4.69) is 5.32 Å². The van der Waals surface area contributed by atoms with Gasteiger partial charge in [-0.2, -0.15) is 0 Å². The van der Waals surface area contributed by atoms with Gasteiger partial charge in [-0.25, -0.2) is 9.78 Å². The van der Waals surface area contributed by atoms with E-state index in [1.165, 1.54) is 0 Å². The van der Waals surface area contributed by atoms with Gasteiger partial charge >= 0.3 is 6.03 Å². The Morgan fingerprint density at radius 1 is 1.09 bits per heavy atom. The molecule has 0 saturated heterocycles. The largest absolute Gasteiger partial charge is 0.494 e. The van der Waals surface area contributed by atoms with E-state index in [4.69, 9.17) is 21.3 Å². The smallest absolute Gasteiger partial charge is 0.322 e. The second kappa shape index (κ2) is 10.6. The molecule has 0 fully saturated rings. The third-order valence-corrected chi connectivity index (χ3v) is 5.96. The minimum absolute atomic E-state index is 0.201. The molecule has 7 nitrogen and oxygen atoms in total. The van der Waals surface area contributed by atoms with Crippen LogP contribution in [0.25, 0.3) is 16.6 Å². The van der Waals surface area contributed by atoms with Gasteiger partial charge in [-0.05, 0) is 75.4 Å². The summed E-state index contributed by atoms with van der Waals surface area (Å²) in [5, 5.41) is 3.92. The zero-order chi connectivity index (χ0) is 24.9. The predicted molar refractivity (Wildman–Crippen MR) is 140 cm³/mol. The Bertz CT molecular complexity index is 1400. The summed E-state index contributed by atoms with van der Waals surface area (Å²) >= 11 is 6.07. The van der Waals surface area contributed by atoms with Gasteiger partial charge in [0.2, 0.25) is 0 Å². The molecule has 1 heterocycles. The molecule has 180 valence electrons. The number of urea groups is 1. The fourth-order valence-electron chi connectivity index (χ4n) is 4.03. The summed E-state index contributed by atoms with van der Waals surface area (Å²) in [6, 6.07) is 20.6. The van der Waals surface area contributed by atoms with E-state index in [9.17, 15) is 9.59 Å². The Hall–Kier alpha value is -3.84. The van der Waals surface area contributed by atoms with Crippen molar-refractivity contribution in [2.45, 2.75) is 26.8 Å². The number of fused-ring (bicyclic) bond motifs is 1. The van der Waals surface area contributed by atoms with Crippen molar-refractivity contribution in [2.24, 2.45) is 0 Å². The van der Waals surface area contributed by atoms with Gasteiger partial charge in [0.15, 0.2) is 0 Å². The van der Waals surface area contributed by atoms with Crippen molar-refractivity contribution >= 4 is 34.2 Å². The van der Waals surface area contributed by atoms with Crippen LogP contribution in [0.15, 0.2) is 77.6 Å². The maximum Gasteiger partial charge on any atom is 0.322 e. The van der Waals surface area contributed by atoms with E-state index in [-0.39, 0.29) is 11.6 Å². The van der Waals surface area contributed by atoms with Crippen LogP contribution in [0.1, 0.15) is 32.6 Å². The summed E-state index contributed by atoms with van der Waals surface area (Å²) in [4.78, 5) is 33.3. The molecule has 0 aliphatic rings. The third-order valence-electron chi connectivity index (χ3n) is 5.73. The number of para-hydroxylation sites is 1. The van der Waals surface area contributed by atoms with E-state index in [1.54, 1.807) is 45.9 Å². The SMILES string of the molecule is CCOc1ccc(-n2c(C(C)N(CC)C(=O)Nc3cccc(Cl)c3)nc3ccccc3c2=O)cc1. The van der Waals surface area contributed by atoms with Gasteiger partial charge in [-0.3, -0.25) is 9.36 Å². The number of carbonyl (C=O) groups excluding carboxylic acids is 1. The Balaban J connectivity index is 1.79. The fraction of sp³-hybridized carbons (Fsp3) is 0.222. The maximum atomic E-state index is 13.6. The number of amides is 2. The molecule has 1 unspecified atom stereocenters. The number of benzene rings is 3. The molecule has 8 heteroatoms. The summed E-state index contributed by atoms with van der Waals surface area (Å²) in [7, 11) is 0. The topological polar surface area (TPSA) is 76.5 Å². The molecule has 0 aliphatic heterocycles. The number of nitrogens with one attached hydrogen (secondary N) is 1. The van der Waals surface area contributed by atoms with Gasteiger partial charge in [0, 0.05) is 17.3 Å². The molecule has 1 N–H and O–H groups in total. The van der Waals surface area contributed by atoms with Gasteiger partial charge < -0.3 is 15.0 Å². The standard InChI is InChI=1S/C27H27ClN4O3/c1-4-31(27(34)29-20-10-8-9-19(28)17-20)18(3)25-30-24-12-7-6-11-23(24)26(33)32(25)21-13-15-22(16-14-21)35-5-2/h6-18H,4-5H2,1-3H3,(H,29,34). The van der Waals surface area contributed by atoms with Crippen LogP contribution in [0.3, 0.4) is 0 Å². The molecule has 4 rings (SSSR count). The Kier molecular flexibility index (Phi) is 7.36. The van der Waals surface area contributed by atoms with Crippen LogP contribution < -0.4 is 15.6 Å². The molecule has 0 spiro atoms. The predicted octanol–water partition coefficient (Wildman–Crippen LogP) is 6.05. The van der Waals surface area contributed by atoms with Crippen molar-refractivity contribution in [3.8, 4) is 11.4 Å². The number of hydrogen-bond donors (Lipinski definition) is 1. The normalized spacial score (nSPS) is 11.8. The number of hydrogen-bond acceptors (Lipinski definition) is 4. The second-order valence-electron chi connectivity index (χ2n) is 7.96. The van der Waals surface area contributed by atoms with Gasteiger partial charge in [0.1, 0.15) is 11.6 Å². The van der Waals surface area contributed by atoms with E-state index in [0.717, 1.165) is 0 Å². The molecule has 0 bridgehead atoms. The first-order valence-electron chi connectivity index (χ1n) is 11.5. The van der Waals surface area contributed by atoms with Crippen LogP contribution >= 0.6 is 11.6 Å². The van der Waals surface area contributed by atoms with Crippen molar-refractivity contribution < 1.29 is 9.53 Å². The molecule has 0 radical (unpaired) electrons. The van der Waals surface area contributed by atoms with Crippen molar-refractivity contribution in [3.63, 3.8) is 0 Å². The minimum Gasteiger partial charge on any atom is -0.494 e. The first kappa shape index (κ1) is 24.3. The molecular weight excluding hydrogens is 464 g/mol. The first-order valence-corrected chi connectivity index (χ1v) is 11.9. The quantitative estimate of drug-likeness (QED) is 0.342. The van der Waals surface area contributed by atoms with Crippen LogP contribution in [-0.2, 0) is 0 Å². The lowest BCUT2D eigenvalue weighted by molar-refractivity contribution is 0.193. The van der Waals surface area contributed by atoms with E-state index in [1.807, 2.05) is 57.2 Å². The van der Waals surface area contributed by atoms with Crippen molar-refractivity contribution in [2.75, 3.05) is 18.5 Å². The summed E-state index contributed by atoms with van der Waals surface area (Å²) in [5.74, 6) is 1.17.